The maximum Gasteiger partial charge on any atom is 0.289 e. The van der Waals surface area contributed by atoms with E-state index in [4.69, 9.17) is 0 Å². The number of nitrogens with one attached hydrogen (secondary N) is 1. The Balaban J connectivity index is 2.91. The zero-order valence-corrected chi connectivity index (χ0v) is 11.5. The van der Waals surface area contributed by atoms with Crippen LogP contribution in [0, 0.1) is 0 Å². The molecule has 0 aliphatic heterocycles. The van der Waals surface area contributed by atoms with Gasteiger partial charge in [0.15, 0.2) is 0 Å². The van der Waals surface area contributed by atoms with Crippen LogP contribution < -0.4 is 5.43 Å². The highest BCUT2D eigenvalue weighted by Crippen LogP contribution is 2.11. The molecule has 1 aromatic carbocycles. The van der Waals surface area contributed by atoms with Crippen LogP contribution in [-0.4, -0.2) is 16.9 Å². The van der Waals surface area contributed by atoms with Gasteiger partial charge in [-0.05, 0) is 31.2 Å². The van der Waals surface area contributed by atoms with Gasteiger partial charge in [0.2, 0.25) is 0 Å². The third kappa shape index (κ3) is 4.49. The Kier molecular flexibility index (Phi) is 5.34. The van der Waals surface area contributed by atoms with E-state index in [-0.39, 0.29) is 11.1 Å². The first-order chi connectivity index (χ1) is 9.41. The average Bonchev–Trinajstić information content (AvgIpc) is 2.43. The van der Waals surface area contributed by atoms with Crippen molar-refractivity contribution < 1.29 is 9.59 Å². The number of carbonyl (C=O) groups excluding carboxylic acids is 2. The molecule has 1 rings (SSSR count). The highest BCUT2D eigenvalue weighted by Gasteiger charge is 2.17. The van der Waals surface area contributed by atoms with Gasteiger partial charge in [0.05, 0.1) is 5.69 Å². The van der Waals surface area contributed by atoms with E-state index in [9.17, 15) is 9.59 Å². The predicted octanol–water partition coefficient (Wildman–Crippen LogP) is 2.70. The van der Waals surface area contributed by atoms with E-state index in [0.29, 0.717) is 5.69 Å². The Bertz CT molecular complexity index is 564. The van der Waals surface area contributed by atoms with Gasteiger partial charge in [-0.25, -0.2) is 5.43 Å². The fourth-order valence-corrected chi connectivity index (χ4v) is 1.08. The summed E-state index contributed by atoms with van der Waals surface area (Å²) in [5, 5.41) is 8.32. The van der Waals surface area contributed by atoms with Gasteiger partial charge in [-0.3, -0.25) is 9.59 Å². The van der Waals surface area contributed by atoms with Gasteiger partial charge in [-0.15, -0.1) is 10.2 Å². The first kappa shape index (κ1) is 15.3. The summed E-state index contributed by atoms with van der Waals surface area (Å²) in [5.74, 6) is -1.08. The molecule has 0 atom stereocenters. The lowest BCUT2D eigenvalue weighted by Gasteiger charge is -2.16. The summed E-state index contributed by atoms with van der Waals surface area (Å²) >= 11 is 0. The van der Waals surface area contributed by atoms with E-state index in [2.05, 4.69) is 28.9 Å². The number of nitrogens with zero attached hydrogens (tertiary/aromatic N) is 3. The number of hydrazine groups is 1. The number of benzene rings is 1. The average molecular weight is 272 g/mol. The fraction of sp³-hybridized carbons (Fsp3) is 0.143. The lowest BCUT2D eigenvalue weighted by atomic mass is 10.3. The van der Waals surface area contributed by atoms with Crippen molar-refractivity contribution in [2.45, 2.75) is 13.8 Å². The minimum absolute atomic E-state index is 0.221. The molecule has 0 heterocycles. The molecule has 0 aromatic heterocycles. The normalized spacial score (nSPS) is 10.1. The van der Waals surface area contributed by atoms with Crippen molar-refractivity contribution in [3.8, 4) is 0 Å². The van der Waals surface area contributed by atoms with Crippen molar-refractivity contribution in [3.05, 3.63) is 54.6 Å². The largest absolute Gasteiger partial charge is 0.289 e. The van der Waals surface area contributed by atoms with Gasteiger partial charge in [0.1, 0.15) is 0 Å². The smallest absolute Gasteiger partial charge is 0.268 e. The minimum atomic E-state index is -0.556. The van der Waals surface area contributed by atoms with Crippen molar-refractivity contribution in [2.75, 3.05) is 0 Å². The second kappa shape index (κ2) is 6.98. The van der Waals surface area contributed by atoms with Crippen LogP contribution in [0.1, 0.15) is 13.8 Å². The van der Waals surface area contributed by atoms with Crippen LogP contribution in [0.3, 0.4) is 0 Å². The standard InChI is InChI=1S/C14H16N4O2/c1-10(2)13(19)16-18(14(20)11(3)4)17-15-12-8-6-5-7-9-12/h5-9H,1,3H2,2,4H3,(H,16,19). The molecule has 0 saturated carbocycles. The van der Waals surface area contributed by atoms with Gasteiger partial charge < -0.3 is 0 Å². The summed E-state index contributed by atoms with van der Waals surface area (Å²) in [6, 6.07) is 8.83. The summed E-state index contributed by atoms with van der Waals surface area (Å²) in [6.07, 6.45) is 0. The second-order valence-corrected chi connectivity index (χ2v) is 4.14. The third-order valence-electron chi connectivity index (χ3n) is 2.16. The van der Waals surface area contributed by atoms with Gasteiger partial charge in [-0.1, -0.05) is 31.4 Å². The molecule has 0 fully saturated rings. The summed E-state index contributed by atoms with van der Waals surface area (Å²) in [7, 11) is 0. The molecule has 0 aliphatic carbocycles. The molecule has 0 radical (unpaired) electrons. The molecular formula is C14H16N4O2. The van der Waals surface area contributed by atoms with Crippen molar-refractivity contribution in [3.63, 3.8) is 0 Å². The van der Waals surface area contributed by atoms with Crippen molar-refractivity contribution >= 4 is 17.5 Å². The van der Waals surface area contributed by atoms with E-state index in [0.717, 1.165) is 5.12 Å². The maximum absolute atomic E-state index is 11.9. The van der Waals surface area contributed by atoms with E-state index in [1.54, 1.807) is 24.3 Å². The molecule has 6 heteroatoms. The lowest BCUT2D eigenvalue weighted by molar-refractivity contribution is -0.137. The first-order valence-corrected chi connectivity index (χ1v) is 5.85. The van der Waals surface area contributed by atoms with E-state index in [1.165, 1.54) is 13.8 Å². The second-order valence-electron chi connectivity index (χ2n) is 4.14. The molecule has 20 heavy (non-hydrogen) atoms. The maximum atomic E-state index is 11.9. The quantitative estimate of drug-likeness (QED) is 0.520. The number of rotatable bonds is 4. The van der Waals surface area contributed by atoms with E-state index >= 15 is 0 Å². The molecule has 0 saturated heterocycles. The SMILES string of the molecule is C=C(C)C(=O)NN(N=Nc1ccccc1)C(=O)C(=C)C. The summed E-state index contributed by atoms with van der Waals surface area (Å²) in [6.45, 7) is 10.0. The molecule has 2 amide bonds. The molecular weight excluding hydrogens is 256 g/mol. The summed E-state index contributed by atoms with van der Waals surface area (Å²) in [5.41, 5.74) is 3.32. The Morgan fingerprint density at radius 3 is 2.20 bits per heavy atom. The molecule has 0 bridgehead atoms. The Morgan fingerprint density at radius 2 is 1.70 bits per heavy atom. The Labute approximate surface area is 117 Å². The molecule has 0 unspecified atom stereocenters. The Hall–Kier alpha value is -2.76. The van der Waals surface area contributed by atoms with Crippen LogP contribution in [0.5, 0.6) is 0 Å². The van der Waals surface area contributed by atoms with Gasteiger partial charge in [-0.2, -0.15) is 0 Å². The Morgan fingerprint density at radius 1 is 1.10 bits per heavy atom. The van der Waals surface area contributed by atoms with Crippen LogP contribution in [-0.2, 0) is 9.59 Å². The van der Waals surface area contributed by atoms with Crippen LogP contribution in [0.4, 0.5) is 5.69 Å². The monoisotopic (exact) mass is 272 g/mol. The van der Waals surface area contributed by atoms with Crippen molar-refractivity contribution in [1.82, 2.24) is 10.5 Å². The topological polar surface area (TPSA) is 74.1 Å². The van der Waals surface area contributed by atoms with Crippen LogP contribution in [0.2, 0.25) is 0 Å². The highest BCUT2D eigenvalue weighted by molar-refractivity contribution is 5.96. The lowest BCUT2D eigenvalue weighted by Crippen LogP contribution is -2.42. The number of amides is 2. The van der Waals surface area contributed by atoms with E-state index in [1.807, 2.05) is 6.07 Å². The zero-order chi connectivity index (χ0) is 15.1. The minimum Gasteiger partial charge on any atom is -0.268 e. The fourth-order valence-electron chi connectivity index (χ4n) is 1.08. The van der Waals surface area contributed by atoms with Crippen LogP contribution in [0.15, 0.2) is 65.0 Å². The number of carbonyl (C=O) groups is 2. The number of hydrogen-bond acceptors (Lipinski definition) is 4. The van der Waals surface area contributed by atoms with Gasteiger partial charge in [0.25, 0.3) is 11.8 Å². The zero-order valence-electron chi connectivity index (χ0n) is 11.5. The predicted molar refractivity (Wildman–Crippen MR) is 75.6 cm³/mol. The molecule has 0 spiro atoms. The molecule has 0 aliphatic rings. The third-order valence-corrected chi connectivity index (χ3v) is 2.16. The first-order valence-electron chi connectivity index (χ1n) is 5.85. The van der Waals surface area contributed by atoms with Gasteiger partial charge >= 0.3 is 0 Å². The molecule has 1 aromatic rings. The summed E-state index contributed by atoms with van der Waals surface area (Å²) < 4.78 is 0. The molecule has 6 nitrogen and oxygen atoms in total. The van der Waals surface area contributed by atoms with Gasteiger partial charge in [0, 0.05) is 11.1 Å². The number of hydrogen-bond donors (Lipinski definition) is 1. The van der Waals surface area contributed by atoms with Crippen LogP contribution in [0.25, 0.3) is 0 Å². The van der Waals surface area contributed by atoms with Crippen LogP contribution >= 0.6 is 0 Å². The van der Waals surface area contributed by atoms with Crippen molar-refractivity contribution in [1.29, 1.82) is 0 Å². The molecule has 1 N–H and O–H groups in total. The molecule has 104 valence electrons. The summed E-state index contributed by atoms with van der Waals surface area (Å²) in [4.78, 5) is 23.4. The van der Waals surface area contributed by atoms with Crippen molar-refractivity contribution in [2.24, 2.45) is 10.3 Å². The van der Waals surface area contributed by atoms with E-state index < -0.39 is 11.8 Å². The highest BCUT2D eigenvalue weighted by atomic mass is 16.2.